The quantitative estimate of drug-likeness (QED) is 0.880. The van der Waals surface area contributed by atoms with E-state index >= 15 is 0 Å². The minimum atomic E-state index is 0.466. The first kappa shape index (κ1) is 12.2. The van der Waals surface area contributed by atoms with Crippen LogP contribution in [-0.2, 0) is 17.8 Å². The Balaban J connectivity index is 1.58. The van der Waals surface area contributed by atoms with Gasteiger partial charge in [-0.05, 0) is 43.2 Å². The predicted octanol–water partition coefficient (Wildman–Crippen LogP) is 3.05. The van der Waals surface area contributed by atoms with Gasteiger partial charge in [0.1, 0.15) is 0 Å². The molecule has 2 saturated heterocycles. The van der Waals surface area contributed by atoms with Crippen molar-refractivity contribution >= 4 is 0 Å². The van der Waals surface area contributed by atoms with Gasteiger partial charge in [-0.25, -0.2) is 0 Å². The van der Waals surface area contributed by atoms with Crippen LogP contribution in [0.25, 0.3) is 0 Å². The topological polar surface area (TPSA) is 21.3 Å². The molecule has 1 aromatic carbocycles. The number of ether oxygens (including phenoxy) is 1. The van der Waals surface area contributed by atoms with Gasteiger partial charge < -0.3 is 10.1 Å². The molecule has 1 unspecified atom stereocenters. The van der Waals surface area contributed by atoms with Gasteiger partial charge in [0.05, 0.1) is 12.7 Å². The maximum absolute atomic E-state index is 6.15. The Morgan fingerprint density at radius 2 is 1.78 bits per heavy atom. The van der Waals surface area contributed by atoms with E-state index in [9.17, 15) is 0 Å². The lowest BCUT2D eigenvalue weighted by atomic mass is 10.0. The normalized spacial score (nSPS) is 30.6. The minimum Gasteiger partial charge on any atom is -0.373 e. The molecule has 2 heteroatoms. The van der Waals surface area contributed by atoms with Crippen LogP contribution < -0.4 is 5.32 Å². The van der Waals surface area contributed by atoms with Crippen molar-refractivity contribution in [3.05, 3.63) is 35.4 Å². The first-order valence-corrected chi connectivity index (χ1v) is 7.29. The first-order chi connectivity index (χ1) is 8.85. The summed E-state index contributed by atoms with van der Waals surface area (Å²) in [5.74, 6) is 0. The molecular formula is C16H23NO. The summed E-state index contributed by atoms with van der Waals surface area (Å²) in [6, 6.07) is 10.1. The lowest BCUT2D eigenvalue weighted by Gasteiger charge is -2.29. The second-order valence-corrected chi connectivity index (χ2v) is 5.66. The molecule has 0 amide bonds. The van der Waals surface area contributed by atoms with Gasteiger partial charge in [0.25, 0.3) is 0 Å². The van der Waals surface area contributed by atoms with Crippen molar-refractivity contribution in [2.75, 3.05) is 0 Å². The number of hydrogen-bond donors (Lipinski definition) is 1. The van der Waals surface area contributed by atoms with Crippen molar-refractivity contribution in [1.29, 1.82) is 0 Å². The Hall–Kier alpha value is -0.860. The third-order valence-corrected chi connectivity index (χ3v) is 4.40. The standard InChI is InChI=1S/C16H23NO/c1-2-12-5-3-4-6-13(12)11-18-16-9-14-7-8-15(10-16)17-14/h3-6,14-17H,2,7-11H2,1H3/t14-,15+,16?. The molecule has 98 valence electrons. The Labute approximate surface area is 110 Å². The van der Waals surface area contributed by atoms with Crippen molar-refractivity contribution in [1.82, 2.24) is 5.32 Å². The molecule has 2 fully saturated rings. The summed E-state index contributed by atoms with van der Waals surface area (Å²) in [4.78, 5) is 0. The highest BCUT2D eigenvalue weighted by molar-refractivity contribution is 5.26. The van der Waals surface area contributed by atoms with E-state index in [1.54, 1.807) is 0 Å². The molecule has 0 radical (unpaired) electrons. The summed E-state index contributed by atoms with van der Waals surface area (Å²) < 4.78 is 6.15. The molecule has 0 spiro atoms. The maximum Gasteiger partial charge on any atom is 0.0723 e. The number of fused-ring (bicyclic) bond motifs is 2. The van der Waals surface area contributed by atoms with E-state index in [1.807, 2.05) is 0 Å². The molecule has 0 aliphatic carbocycles. The van der Waals surface area contributed by atoms with E-state index in [2.05, 4.69) is 36.5 Å². The third kappa shape index (κ3) is 2.60. The molecule has 2 aliphatic rings. The zero-order valence-corrected chi connectivity index (χ0v) is 11.2. The highest BCUT2D eigenvalue weighted by Crippen LogP contribution is 2.29. The van der Waals surface area contributed by atoms with Gasteiger partial charge in [-0.3, -0.25) is 0 Å². The number of hydrogen-bond acceptors (Lipinski definition) is 2. The molecule has 2 bridgehead atoms. The molecule has 2 aliphatic heterocycles. The lowest BCUT2D eigenvalue weighted by Crippen LogP contribution is -2.41. The Morgan fingerprint density at radius 3 is 2.44 bits per heavy atom. The smallest absolute Gasteiger partial charge is 0.0723 e. The highest BCUT2D eigenvalue weighted by atomic mass is 16.5. The molecule has 1 N–H and O–H groups in total. The third-order valence-electron chi connectivity index (χ3n) is 4.40. The SMILES string of the molecule is CCc1ccccc1COC1C[C@H]2CC[C@@H](C1)N2. The zero-order valence-electron chi connectivity index (χ0n) is 11.2. The van der Waals surface area contributed by atoms with Crippen LogP contribution in [0.2, 0.25) is 0 Å². The van der Waals surface area contributed by atoms with Crippen LogP contribution >= 0.6 is 0 Å². The van der Waals surface area contributed by atoms with Crippen LogP contribution in [0.15, 0.2) is 24.3 Å². The Morgan fingerprint density at radius 1 is 1.11 bits per heavy atom. The number of piperidine rings is 1. The Bertz CT molecular complexity index is 392. The molecule has 1 aromatic rings. The average Bonchev–Trinajstić information content (AvgIpc) is 2.76. The monoisotopic (exact) mass is 245 g/mol. The minimum absolute atomic E-state index is 0.466. The number of benzene rings is 1. The van der Waals surface area contributed by atoms with E-state index in [-0.39, 0.29) is 0 Å². The molecule has 0 saturated carbocycles. The fourth-order valence-corrected chi connectivity index (χ4v) is 3.39. The van der Waals surface area contributed by atoms with Crippen LogP contribution in [0.4, 0.5) is 0 Å². The van der Waals surface area contributed by atoms with Gasteiger partial charge in [-0.15, -0.1) is 0 Å². The number of nitrogens with one attached hydrogen (secondary N) is 1. The largest absolute Gasteiger partial charge is 0.373 e. The summed E-state index contributed by atoms with van der Waals surface area (Å²) in [7, 11) is 0. The average molecular weight is 245 g/mol. The second-order valence-electron chi connectivity index (χ2n) is 5.66. The van der Waals surface area contributed by atoms with Gasteiger partial charge >= 0.3 is 0 Å². The summed E-state index contributed by atoms with van der Waals surface area (Å²) in [6.45, 7) is 3.00. The van der Waals surface area contributed by atoms with Crippen molar-refractivity contribution in [2.24, 2.45) is 0 Å². The van der Waals surface area contributed by atoms with E-state index < -0.39 is 0 Å². The van der Waals surface area contributed by atoms with E-state index in [4.69, 9.17) is 4.74 Å². The summed E-state index contributed by atoms with van der Waals surface area (Å²) in [6.07, 6.45) is 6.65. The number of rotatable bonds is 4. The van der Waals surface area contributed by atoms with Crippen LogP contribution in [-0.4, -0.2) is 18.2 Å². The molecule has 3 rings (SSSR count). The van der Waals surface area contributed by atoms with E-state index in [0.29, 0.717) is 6.10 Å². The molecule has 3 atom stereocenters. The van der Waals surface area contributed by atoms with Gasteiger partial charge in [0.2, 0.25) is 0 Å². The van der Waals surface area contributed by atoms with Gasteiger partial charge in [-0.1, -0.05) is 31.2 Å². The van der Waals surface area contributed by atoms with Crippen LogP contribution in [0.5, 0.6) is 0 Å². The van der Waals surface area contributed by atoms with Gasteiger partial charge in [0, 0.05) is 12.1 Å². The fourth-order valence-electron chi connectivity index (χ4n) is 3.39. The second kappa shape index (κ2) is 5.41. The van der Waals surface area contributed by atoms with E-state index in [0.717, 1.165) is 25.1 Å². The highest BCUT2D eigenvalue weighted by Gasteiger charge is 2.33. The van der Waals surface area contributed by atoms with Crippen molar-refractivity contribution in [3.63, 3.8) is 0 Å². The number of aryl methyl sites for hydroxylation is 1. The summed E-state index contributed by atoms with van der Waals surface area (Å²) >= 11 is 0. The predicted molar refractivity (Wildman–Crippen MR) is 73.6 cm³/mol. The van der Waals surface area contributed by atoms with Gasteiger partial charge in [-0.2, -0.15) is 0 Å². The van der Waals surface area contributed by atoms with Crippen molar-refractivity contribution in [2.45, 2.75) is 63.8 Å². The maximum atomic E-state index is 6.15. The Kier molecular flexibility index (Phi) is 3.67. The zero-order chi connectivity index (χ0) is 12.4. The first-order valence-electron chi connectivity index (χ1n) is 7.29. The van der Waals surface area contributed by atoms with E-state index in [1.165, 1.54) is 36.8 Å². The molecule has 18 heavy (non-hydrogen) atoms. The van der Waals surface area contributed by atoms with Gasteiger partial charge in [0.15, 0.2) is 0 Å². The lowest BCUT2D eigenvalue weighted by molar-refractivity contribution is 0.00889. The van der Waals surface area contributed by atoms with Crippen LogP contribution in [0.3, 0.4) is 0 Å². The fraction of sp³-hybridized carbons (Fsp3) is 0.625. The van der Waals surface area contributed by atoms with Crippen molar-refractivity contribution < 1.29 is 4.74 Å². The molecule has 2 heterocycles. The van der Waals surface area contributed by atoms with Crippen LogP contribution in [0, 0.1) is 0 Å². The van der Waals surface area contributed by atoms with Crippen LogP contribution in [0.1, 0.15) is 43.7 Å². The summed E-state index contributed by atoms with van der Waals surface area (Å²) in [5.41, 5.74) is 2.79. The molecule has 0 aromatic heterocycles. The molecule has 2 nitrogen and oxygen atoms in total. The summed E-state index contributed by atoms with van der Waals surface area (Å²) in [5, 5.41) is 3.66. The molecular weight excluding hydrogens is 222 g/mol. The van der Waals surface area contributed by atoms with Crippen molar-refractivity contribution in [3.8, 4) is 0 Å².